The Kier molecular flexibility index (Phi) is 3.53. The molecule has 0 saturated carbocycles. The lowest BCUT2D eigenvalue weighted by atomic mass is 10.1. The van der Waals surface area contributed by atoms with Crippen molar-refractivity contribution < 1.29 is 9.13 Å². The van der Waals surface area contributed by atoms with Gasteiger partial charge in [0.1, 0.15) is 5.65 Å². The molecule has 2 heterocycles. The number of ether oxygens (including phenoxy) is 1. The number of aromatic nitrogens is 3. The summed E-state index contributed by atoms with van der Waals surface area (Å²) in [6, 6.07) is 3.15. The van der Waals surface area contributed by atoms with Gasteiger partial charge >= 0.3 is 0 Å². The van der Waals surface area contributed by atoms with Crippen LogP contribution in [0, 0.1) is 19.7 Å². The molecular formula is C16H15ClFN3O. The first-order chi connectivity index (χ1) is 10.4. The fraction of sp³-hybridized carbons (Fsp3) is 0.250. The molecule has 3 aromatic rings. The molecule has 0 N–H and O–H groups in total. The molecular weight excluding hydrogens is 305 g/mol. The van der Waals surface area contributed by atoms with Crippen LogP contribution < -0.4 is 4.74 Å². The zero-order valence-corrected chi connectivity index (χ0v) is 13.5. The highest BCUT2D eigenvalue weighted by Crippen LogP contribution is 2.34. The molecule has 6 heteroatoms. The van der Waals surface area contributed by atoms with E-state index < -0.39 is 5.82 Å². The average molecular weight is 320 g/mol. The van der Waals surface area contributed by atoms with Crippen molar-refractivity contribution >= 4 is 22.6 Å². The summed E-state index contributed by atoms with van der Waals surface area (Å²) in [5, 5.41) is 1.21. The molecule has 0 amide bonds. The molecule has 0 aliphatic heterocycles. The van der Waals surface area contributed by atoms with Crippen LogP contribution in [0.3, 0.4) is 0 Å². The number of methoxy groups -OCH3 is 1. The molecule has 0 aliphatic carbocycles. The quantitative estimate of drug-likeness (QED) is 0.715. The minimum Gasteiger partial charge on any atom is -0.492 e. The van der Waals surface area contributed by atoms with Gasteiger partial charge in [-0.2, -0.15) is 0 Å². The van der Waals surface area contributed by atoms with E-state index in [0.29, 0.717) is 5.82 Å². The van der Waals surface area contributed by atoms with Crippen LogP contribution in [0.4, 0.5) is 4.39 Å². The van der Waals surface area contributed by atoms with Crippen LogP contribution >= 0.6 is 11.6 Å². The largest absolute Gasteiger partial charge is 0.492 e. The second-order valence-electron chi connectivity index (χ2n) is 5.20. The summed E-state index contributed by atoms with van der Waals surface area (Å²) in [6.45, 7) is 3.90. The number of hydrogen-bond donors (Lipinski definition) is 0. The molecule has 22 heavy (non-hydrogen) atoms. The van der Waals surface area contributed by atoms with Gasteiger partial charge < -0.3 is 9.30 Å². The second-order valence-corrected chi connectivity index (χ2v) is 5.60. The molecule has 0 spiro atoms. The molecule has 0 atom stereocenters. The van der Waals surface area contributed by atoms with E-state index in [1.165, 1.54) is 7.11 Å². The summed E-state index contributed by atoms with van der Waals surface area (Å²) in [7, 11) is 3.29. The Hall–Kier alpha value is -2.14. The first-order valence-electron chi connectivity index (χ1n) is 6.76. The van der Waals surface area contributed by atoms with Crippen LogP contribution in [-0.2, 0) is 7.05 Å². The van der Waals surface area contributed by atoms with Gasteiger partial charge in [-0.05, 0) is 31.5 Å². The molecule has 0 fully saturated rings. The minimum atomic E-state index is -0.556. The van der Waals surface area contributed by atoms with Crippen molar-refractivity contribution in [1.82, 2.24) is 14.5 Å². The van der Waals surface area contributed by atoms with E-state index in [4.69, 9.17) is 16.3 Å². The van der Waals surface area contributed by atoms with Crippen LogP contribution in [0.2, 0.25) is 5.02 Å². The van der Waals surface area contributed by atoms with Crippen LogP contribution in [0.25, 0.3) is 22.4 Å². The highest BCUT2D eigenvalue weighted by Gasteiger charge is 2.18. The number of fused-ring (bicyclic) bond motifs is 1. The third kappa shape index (κ3) is 2.13. The maximum Gasteiger partial charge on any atom is 0.177 e. The lowest BCUT2D eigenvalue weighted by Crippen LogP contribution is -2.00. The van der Waals surface area contributed by atoms with Crippen molar-refractivity contribution in [2.24, 2.45) is 7.05 Å². The maximum absolute atomic E-state index is 14.6. The molecule has 0 bridgehead atoms. The molecule has 3 rings (SSSR count). The van der Waals surface area contributed by atoms with Crippen LogP contribution in [0.15, 0.2) is 18.3 Å². The summed E-state index contributed by atoms with van der Waals surface area (Å²) in [4.78, 5) is 8.95. The Labute approximate surface area is 132 Å². The van der Waals surface area contributed by atoms with Gasteiger partial charge in [0, 0.05) is 18.6 Å². The number of halogens is 2. The molecule has 0 radical (unpaired) electrons. The lowest BCUT2D eigenvalue weighted by Gasteiger charge is -2.09. The topological polar surface area (TPSA) is 39.9 Å². The molecule has 0 unspecified atom stereocenters. The average Bonchev–Trinajstić information content (AvgIpc) is 2.74. The van der Waals surface area contributed by atoms with Crippen LogP contribution in [0.5, 0.6) is 5.75 Å². The van der Waals surface area contributed by atoms with Crippen molar-refractivity contribution in [2.45, 2.75) is 13.8 Å². The first kappa shape index (κ1) is 14.8. The van der Waals surface area contributed by atoms with Gasteiger partial charge in [-0.25, -0.2) is 14.4 Å². The maximum atomic E-state index is 14.6. The van der Waals surface area contributed by atoms with Crippen LogP contribution in [-0.4, -0.2) is 21.6 Å². The van der Waals surface area contributed by atoms with Crippen molar-refractivity contribution in [2.75, 3.05) is 7.11 Å². The number of rotatable bonds is 2. The van der Waals surface area contributed by atoms with Gasteiger partial charge in [-0.15, -0.1) is 0 Å². The molecule has 1 aromatic carbocycles. The van der Waals surface area contributed by atoms with Crippen molar-refractivity contribution in [3.05, 3.63) is 40.4 Å². The minimum absolute atomic E-state index is 0.00331. The Morgan fingerprint density at radius 1 is 1.23 bits per heavy atom. The SMILES string of the molecule is COc1c(Cl)ccc(-c2nc(C)c3c(C)cn(C)c3n2)c1F. The van der Waals surface area contributed by atoms with Crippen LogP contribution in [0.1, 0.15) is 11.3 Å². The van der Waals surface area contributed by atoms with Crippen molar-refractivity contribution in [3.8, 4) is 17.1 Å². The Bertz CT molecular complexity index is 889. The fourth-order valence-electron chi connectivity index (χ4n) is 2.70. The van der Waals surface area contributed by atoms with Gasteiger partial charge in [-0.1, -0.05) is 11.6 Å². The third-order valence-corrected chi connectivity index (χ3v) is 3.98. The summed E-state index contributed by atoms with van der Waals surface area (Å²) in [5.74, 6) is -0.234. The van der Waals surface area contributed by atoms with Crippen molar-refractivity contribution in [3.63, 3.8) is 0 Å². The first-order valence-corrected chi connectivity index (χ1v) is 7.14. The summed E-state index contributed by atoms with van der Waals surface area (Å²) < 4.78 is 21.5. The summed E-state index contributed by atoms with van der Waals surface area (Å²) in [6.07, 6.45) is 1.98. The summed E-state index contributed by atoms with van der Waals surface area (Å²) in [5.41, 5.74) is 2.94. The van der Waals surface area contributed by atoms with E-state index in [1.54, 1.807) is 12.1 Å². The number of benzene rings is 1. The van der Waals surface area contributed by atoms with Gasteiger partial charge in [0.2, 0.25) is 0 Å². The van der Waals surface area contributed by atoms with Gasteiger partial charge in [0.25, 0.3) is 0 Å². The smallest absolute Gasteiger partial charge is 0.177 e. The second kappa shape index (κ2) is 5.25. The molecule has 0 aliphatic rings. The van der Waals surface area contributed by atoms with Gasteiger partial charge in [0.05, 0.1) is 23.4 Å². The molecule has 4 nitrogen and oxygen atoms in total. The Morgan fingerprint density at radius 2 is 1.95 bits per heavy atom. The van der Waals surface area contributed by atoms with E-state index in [0.717, 1.165) is 22.3 Å². The zero-order valence-electron chi connectivity index (χ0n) is 12.7. The van der Waals surface area contributed by atoms with E-state index in [-0.39, 0.29) is 16.3 Å². The normalized spacial score (nSPS) is 11.2. The fourth-order valence-corrected chi connectivity index (χ4v) is 2.93. The van der Waals surface area contributed by atoms with E-state index >= 15 is 0 Å². The lowest BCUT2D eigenvalue weighted by molar-refractivity contribution is 0.387. The standard InChI is InChI=1S/C16H15ClFN3O/c1-8-7-21(3)16-12(8)9(2)19-15(20-16)10-5-6-11(17)14(22-4)13(10)18/h5-7H,1-4H3. The van der Waals surface area contributed by atoms with E-state index in [1.807, 2.05) is 31.7 Å². The van der Waals surface area contributed by atoms with E-state index in [9.17, 15) is 4.39 Å². The summed E-state index contributed by atoms with van der Waals surface area (Å²) >= 11 is 5.93. The Morgan fingerprint density at radius 3 is 2.64 bits per heavy atom. The molecule has 114 valence electrons. The predicted octanol–water partition coefficient (Wildman–Crippen LogP) is 4.05. The zero-order chi connectivity index (χ0) is 16.0. The predicted molar refractivity (Wildman–Crippen MR) is 84.9 cm³/mol. The third-order valence-electron chi connectivity index (χ3n) is 3.68. The van der Waals surface area contributed by atoms with Gasteiger partial charge in [0.15, 0.2) is 17.4 Å². The van der Waals surface area contributed by atoms with Crippen molar-refractivity contribution in [1.29, 1.82) is 0 Å². The number of nitrogens with zero attached hydrogens (tertiary/aromatic N) is 3. The van der Waals surface area contributed by atoms with E-state index in [2.05, 4.69) is 9.97 Å². The highest BCUT2D eigenvalue weighted by molar-refractivity contribution is 6.32. The monoisotopic (exact) mass is 319 g/mol. The Balaban J connectivity index is 2.30. The van der Waals surface area contributed by atoms with Gasteiger partial charge in [-0.3, -0.25) is 0 Å². The number of aryl methyl sites for hydroxylation is 3. The molecule has 2 aromatic heterocycles. The highest BCUT2D eigenvalue weighted by atomic mass is 35.5. The molecule has 0 saturated heterocycles. The number of hydrogen-bond acceptors (Lipinski definition) is 3.